The van der Waals surface area contributed by atoms with Crippen molar-refractivity contribution >= 4 is 39.0 Å². The number of benzene rings is 7. The molecule has 0 amide bonds. The van der Waals surface area contributed by atoms with Gasteiger partial charge in [0, 0.05) is 11.1 Å². The highest BCUT2D eigenvalue weighted by molar-refractivity contribution is 5.93. The van der Waals surface area contributed by atoms with Gasteiger partial charge in [-0.15, -0.1) is 0 Å². The minimum Gasteiger partial charge on any atom is -0.456 e. The number of anilines is 3. The smallest absolute Gasteiger partial charge is 0.200 e. The Balaban J connectivity index is 1.17. The molecule has 0 aliphatic carbocycles. The van der Waals surface area contributed by atoms with Crippen molar-refractivity contribution in [2.75, 3.05) is 4.90 Å². The minimum atomic E-state index is -0.240. The Labute approximate surface area is 285 Å². The Kier molecular flexibility index (Phi) is 6.63. The average Bonchev–Trinajstić information content (AvgIpc) is 3.16. The van der Waals surface area contributed by atoms with Crippen LogP contribution in [-0.2, 0) is 5.41 Å². The van der Waals surface area contributed by atoms with E-state index < -0.39 is 0 Å². The van der Waals surface area contributed by atoms with E-state index in [1.807, 2.05) is 42.5 Å². The maximum atomic E-state index is 13.1. The Hall–Kier alpha value is -6.19. The van der Waals surface area contributed by atoms with Gasteiger partial charge in [0.15, 0.2) is 0 Å². The van der Waals surface area contributed by atoms with Crippen molar-refractivity contribution < 1.29 is 4.42 Å². The number of rotatable bonds is 4. The number of nitrogens with zero attached hydrogens (tertiary/aromatic N) is 1. The fourth-order valence-corrected chi connectivity index (χ4v) is 7.42. The molecule has 0 unspecified atom stereocenters. The number of hydrogen-bond donors (Lipinski definition) is 0. The van der Waals surface area contributed by atoms with Crippen LogP contribution in [0.4, 0.5) is 17.1 Å². The van der Waals surface area contributed by atoms with Crippen LogP contribution in [0.3, 0.4) is 0 Å². The van der Waals surface area contributed by atoms with Gasteiger partial charge in [-0.3, -0.25) is 4.79 Å². The molecule has 9 rings (SSSR count). The van der Waals surface area contributed by atoms with Crippen molar-refractivity contribution in [3.63, 3.8) is 0 Å². The molecule has 0 saturated carbocycles. The third-order valence-corrected chi connectivity index (χ3v) is 10.1. The summed E-state index contributed by atoms with van der Waals surface area (Å²) in [5.41, 5.74) is 13.8. The van der Waals surface area contributed by atoms with Crippen molar-refractivity contribution in [2.24, 2.45) is 0 Å². The Bertz CT molecular complexity index is 2490. The van der Waals surface area contributed by atoms with Crippen LogP contribution >= 0.6 is 0 Å². The molecule has 1 aliphatic heterocycles. The molecule has 3 nitrogen and oxygen atoms in total. The molecular weight excluding hydrogens is 599 g/mol. The summed E-state index contributed by atoms with van der Waals surface area (Å²) in [6, 6.07) is 57.0. The zero-order valence-electron chi connectivity index (χ0n) is 27.4. The molecule has 0 radical (unpaired) electrons. The van der Waals surface area contributed by atoms with Crippen molar-refractivity contribution in [1.82, 2.24) is 0 Å². The SMILES string of the molecule is CC1(C)c2cc(-c3ccccc3)ccc2N(c2ccc(-c3ccc4c(=O)c5ccccc5oc4c3)cc2)c2ccc(-c3ccccc3)cc21. The van der Waals surface area contributed by atoms with E-state index in [0.717, 1.165) is 16.8 Å². The van der Waals surface area contributed by atoms with Gasteiger partial charge in [0.1, 0.15) is 11.2 Å². The van der Waals surface area contributed by atoms with Crippen LogP contribution in [0.5, 0.6) is 0 Å². The Morgan fingerprint density at radius 1 is 0.449 bits per heavy atom. The first kappa shape index (κ1) is 29.0. The molecular formula is C46H33NO2. The fraction of sp³-hybridized carbons (Fsp3) is 0.0652. The van der Waals surface area contributed by atoms with Crippen molar-refractivity contribution in [3.8, 4) is 33.4 Å². The maximum Gasteiger partial charge on any atom is 0.200 e. The lowest BCUT2D eigenvalue weighted by Crippen LogP contribution is -2.30. The van der Waals surface area contributed by atoms with Crippen LogP contribution in [0.25, 0.3) is 55.3 Å². The van der Waals surface area contributed by atoms with Gasteiger partial charge < -0.3 is 9.32 Å². The summed E-state index contributed by atoms with van der Waals surface area (Å²) < 4.78 is 6.18. The molecule has 0 saturated heterocycles. The fourth-order valence-electron chi connectivity index (χ4n) is 7.42. The lowest BCUT2D eigenvalue weighted by molar-refractivity contribution is 0.632. The van der Waals surface area contributed by atoms with Gasteiger partial charge >= 0.3 is 0 Å². The van der Waals surface area contributed by atoms with Crippen LogP contribution in [0.1, 0.15) is 25.0 Å². The molecule has 0 fully saturated rings. The van der Waals surface area contributed by atoms with Gasteiger partial charge in [-0.25, -0.2) is 0 Å². The van der Waals surface area contributed by atoms with E-state index in [4.69, 9.17) is 4.42 Å². The van der Waals surface area contributed by atoms with Crippen LogP contribution in [0.2, 0.25) is 0 Å². The quantitative estimate of drug-likeness (QED) is 0.181. The van der Waals surface area contributed by atoms with Crippen LogP contribution in [0, 0.1) is 0 Å². The summed E-state index contributed by atoms with van der Waals surface area (Å²) in [5.74, 6) is 0. The van der Waals surface area contributed by atoms with E-state index in [1.165, 1.54) is 44.8 Å². The van der Waals surface area contributed by atoms with E-state index in [1.54, 1.807) is 0 Å². The van der Waals surface area contributed by atoms with Gasteiger partial charge in [-0.1, -0.05) is 117 Å². The summed E-state index contributed by atoms with van der Waals surface area (Å²) in [5, 5.41) is 1.19. The van der Waals surface area contributed by atoms with E-state index in [9.17, 15) is 4.79 Å². The van der Waals surface area contributed by atoms with Gasteiger partial charge in [0.05, 0.1) is 22.1 Å². The standard InChI is InChI=1S/C46H33NO2/c1-46(2)39-27-33(30-11-5-3-6-12-30)20-25-41(39)47(42-26-21-34(28-40(42)46)31-13-7-4-8-14-31)36-22-17-32(18-23-36)35-19-24-38-44(29-35)49-43-16-10-9-15-37(43)45(38)48/h3-29H,1-2H3. The number of fused-ring (bicyclic) bond motifs is 4. The topological polar surface area (TPSA) is 33.5 Å². The third kappa shape index (κ3) is 4.77. The van der Waals surface area contributed by atoms with Gasteiger partial charge in [-0.2, -0.15) is 0 Å². The van der Waals surface area contributed by atoms with E-state index in [0.29, 0.717) is 21.9 Å². The second-order valence-corrected chi connectivity index (χ2v) is 13.3. The highest BCUT2D eigenvalue weighted by atomic mass is 16.3. The van der Waals surface area contributed by atoms with Gasteiger partial charge in [0.2, 0.25) is 5.43 Å². The van der Waals surface area contributed by atoms with Crippen LogP contribution in [0.15, 0.2) is 173 Å². The highest BCUT2D eigenvalue weighted by Gasteiger charge is 2.37. The molecule has 2 heterocycles. The molecule has 3 heteroatoms. The predicted molar refractivity (Wildman–Crippen MR) is 203 cm³/mol. The first-order chi connectivity index (χ1) is 24.0. The van der Waals surface area contributed by atoms with E-state index >= 15 is 0 Å². The molecule has 1 aromatic heterocycles. The Morgan fingerprint density at radius 3 is 1.53 bits per heavy atom. The molecule has 0 bridgehead atoms. The molecule has 0 atom stereocenters. The summed E-state index contributed by atoms with van der Waals surface area (Å²) in [4.78, 5) is 15.5. The first-order valence-electron chi connectivity index (χ1n) is 16.7. The van der Waals surface area contributed by atoms with E-state index in [-0.39, 0.29) is 10.8 Å². The molecule has 7 aromatic carbocycles. The maximum absolute atomic E-state index is 13.1. The van der Waals surface area contributed by atoms with Gasteiger partial charge in [0.25, 0.3) is 0 Å². The summed E-state index contributed by atoms with van der Waals surface area (Å²) in [6.45, 7) is 4.69. The number of para-hydroxylation sites is 1. The zero-order chi connectivity index (χ0) is 33.1. The average molecular weight is 632 g/mol. The summed E-state index contributed by atoms with van der Waals surface area (Å²) >= 11 is 0. The third-order valence-electron chi connectivity index (χ3n) is 10.1. The summed E-state index contributed by atoms with van der Waals surface area (Å²) in [7, 11) is 0. The second-order valence-electron chi connectivity index (χ2n) is 13.3. The Morgan fingerprint density at radius 2 is 0.918 bits per heavy atom. The normalized spacial score (nSPS) is 13.3. The first-order valence-corrected chi connectivity index (χ1v) is 16.7. The zero-order valence-corrected chi connectivity index (χ0v) is 27.4. The molecule has 49 heavy (non-hydrogen) atoms. The molecule has 0 N–H and O–H groups in total. The molecule has 0 spiro atoms. The van der Waals surface area contributed by atoms with Crippen molar-refractivity contribution in [2.45, 2.75) is 19.3 Å². The molecule has 1 aliphatic rings. The van der Waals surface area contributed by atoms with Crippen molar-refractivity contribution in [3.05, 3.63) is 185 Å². The van der Waals surface area contributed by atoms with Gasteiger partial charge in [-0.05, 0) is 105 Å². The van der Waals surface area contributed by atoms with Crippen LogP contribution in [-0.4, -0.2) is 0 Å². The van der Waals surface area contributed by atoms with Crippen LogP contribution < -0.4 is 10.3 Å². The summed E-state index contributed by atoms with van der Waals surface area (Å²) in [6.07, 6.45) is 0. The monoisotopic (exact) mass is 631 g/mol. The number of hydrogen-bond acceptors (Lipinski definition) is 3. The lowest BCUT2D eigenvalue weighted by atomic mass is 9.72. The van der Waals surface area contributed by atoms with Crippen molar-refractivity contribution in [1.29, 1.82) is 0 Å². The second kappa shape index (κ2) is 11.2. The predicted octanol–water partition coefficient (Wildman–Crippen LogP) is 12.1. The minimum absolute atomic E-state index is 0.00468. The lowest BCUT2D eigenvalue weighted by Gasteiger charge is -2.42. The molecule has 234 valence electrons. The largest absolute Gasteiger partial charge is 0.456 e. The molecule has 8 aromatic rings. The van der Waals surface area contributed by atoms with E-state index in [2.05, 4.69) is 140 Å². The highest BCUT2D eigenvalue weighted by Crippen LogP contribution is 2.53.